The van der Waals surface area contributed by atoms with Crippen molar-refractivity contribution in [2.24, 2.45) is 0 Å². The van der Waals surface area contributed by atoms with Gasteiger partial charge in [0, 0.05) is 14.1 Å². The van der Waals surface area contributed by atoms with Gasteiger partial charge >= 0.3 is 0 Å². The molecule has 0 atom stereocenters. The minimum Gasteiger partial charge on any atom is -0.363 e. The number of aldehydes is 1. The van der Waals surface area contributed by atoms with E-state index in [0.717, 1.165) is 12.1 Å². The Hall–Kier alpha value is -1.38. The molecule has 1 aromatic rings. The predicted molar refractivity (Wildman–Crippen MR) is 44.0 cm³/mol. The molecule has 0 radical (unpaired) electrons. The fraction of sp³-hybridized carbons (Fsp3) is 0.250. The van der Waals surface area contributed by atoms with Crippen LogP contribution in [0.4, 0.5) is 5.82 Å². The van der Waals surface area contributed by atoms with Gasteiger partial charge in [0.2, 0.25) is 0 Å². The van der Waals surface area contributed by atoms with Gasteiger partial charge in [0.05, 0.1) is 0 Å². The first-order chi connectivity index (χ1) is 5.24. The SMILES string of the molecule is CN(C)c1cccc(C=O)n1. The molecule has 0 aliphatic heterocycles. The van der Waals surface area contributed by atoms with E-state index in [0.29, 0.717) is 5.69 Å². The summed E-state index contributed by atoms with van der Waals surface area (Å²) >= 11 is 0. The van der Waals surface area contributed by atoms with E-state index in [1.54, 1.807) is 6.07 Å². The zero-order valence-corrected chi connectivity index (χ0v) is 6.61. The lowest BCUT2D eigenvalue weighted by Crippen LogP contribution is -2.10. The molecule has 3 heteroatoms. The fourth-order valence-electron chi connectivity index (χ4n) is 0.754. The van der Waals surface area contributed by atoms with Gasteiger partial charge in [-0.25, -0.2) is 4.98 Å². The van der Waals surface area contributed by atoms with E-state index in [1.807, 2.05) is 31.1 Å². The standard InChI is InChI=1S/C8H10N2O/c1-10(2)8-5-3-4-7(6-11)9-8/h3-6H,1-2H3. The molecule has 1 aromatic heterocycles. The molecule has 0 bridgehead atoms. The molecule has 0 fully saturated rings. The zero-order chi connectivity index (χ0) is 8.27. The van der Waals surface area contributed by atoms with Crippen molar-refractivity contribution in [3.63, 3.8) is 0 Å². The van der Waals surface area contributed by atoms with E-state index in [-0.39, 0.29) is 0 Å². The van der Waals surface area contributed by atoms with Crippen LogP contribution >= 0.6 is 0 Å². The Morgan fingerprint density at radius 2 is 2.18 bits per heavy atom. The van der Waals surface area contributed by atoms with Crippen molar-refractivity contribution in [3.8, 4) is 0 Å². The smallest absolute Gasteiger partial charge is 0.168 e. The van der Waals surface area contributed by atoms with Gasteiger partial charge in [-0.3, -0.25) is 4.79 Å². The van der Waals surface area contributed by atoms with Crippen molar-refractivity contribution in [2.75, 3.05) is 19.0 Å². The van der Waals surface area contributed by atoms with Crippen LogP contribution in [0, 0.1) is 0 Å². The third kappa shape index (κ3) is 1.77. The number of hydrogen-bond donors (Lipinski definition) is 0. The Morgan fingerprint density at radius 3 is 2.73 bits per heavy atom. The first-order valence-electron chi connectivity index (χ1n) is 3.33. The molecule has 1 heterocycles. The predicted octanol–water partition coefficient (Wildman–Crippen LogP) is 0.960. The summed E-state index contributed by atoms with van der Waals surface area (Å²) in [6, 6.07) is 5.35. The second-order valence-electron chi connectivity index (χ2n) is 2.43. The minimum atomic E-state index is 0.469. The number of hydrogen-bond acceptors (Lipinski definition) is 3. The van der Waals surface area contributed by atoms with Crippen molar-refractivity contribution in [2.45, 2.75) is 0 Å². The Bertz CT molecular complexity index is 258. The van der Waals surface area contributed by atoms with Crippen LogP contribution < -0.4 is 4.90 Å². The molecular formula is C8H10N2O. The van der Waals surface area contributed by atoms with Crippen LogP contribution in [-0.2, 0) is 0 Å². The molecule has 0 amide bonds. The second kappa shape index (κ2) is 3.14. The number of aromatic nitrogens is 1. The van der Waals surface area contributed by atoms with Gasteiger partial charge in [0.1, 0.15) is 11.5 Å². The first-order valence-corrected chi connectivity index (χ1v) is 3.33. The molecule has 0 saturated heterocycles. The summed E-state index contributed by atoms with van der Waals surface area (Å²) in [5, 5.41) is 0. The van der Waals surface area contributed by atoms with Gasteiger partial charge in [0.15, 0.2) is 6.29 Å². The number of carbonyl (C=O) groups is 1. The van der Waals surface area contributed by atoms with Gasteiger partial charge in [-0.2, -0.15) is 0 Å². The van der Waals surface area contributed by atoms with E-state index in [9.17, 15) is 4.79 Å². The van der Waals surface area contributed by atoms with E-state index in [2.05, 4.69) is 4.98 Å². The molecule has 11 heavy (non-hydrogen) atoms. The van der Waals surface area contributed by atoms with Crippen LogP contribution in [0.15, 0.2) is 18.2 Å². The summed E-state index contributed by atoms with van der Waals surface area (Å²) in [6.45, 7) is 0. The lowest BCUT2D eigenvalue weighted by Gasteiger charge is -2.10. The molecule has 58 valence electrons. The van der Waals surface area contributed by atoms with Crippen LogP contribution in [-0.4, -0.2) is 25.4 Å². The number of rotatable bonds is 2. The second-order valence-corrected chi connectivity index (χ2v) is 2.43. The van der Waals surface area contributed by atoms with Crippen molar-refractivity contribution in [1.29, 1.82) is 0 Å². The summed E-state index contributed by atoms with van der Waals surface area (Å²) < 4.78 is 0. The molecule has 1 rings (SSSR count). The Balaban J connectivity index is 3.00. The van der Waals surface area contributed by atoms with E-state index < -0.39 is 0 Å². The van der Waals surface area contributed by atoms with Crippen LogP contribution in [0.1, 0.15) is 10.5 Å². The summed E-state index contributed by atoms with van der Waals surface area (Å²) in [4.78, 5) is 16.2. The minimum absolute atomic E-state index is 0.469. The highest BCUT2D eigenvalue weighted by Crippen LogP contribution is 2.05. The van der Waals surface area contributed by atoms with E-state index >= 15 is 0 Å². The average Bonchev–Trinajstić information content (AvgIpc) is 2.05. The van der Waals surface area contributed by atoms with Gasteiger partial charge in [-0.05, 0) is 12.1 Å². The van der Waals surface area contributed by atoms with Crippen LogP contribution in [0.25, 0.3) is 0 Å². The van der Waals surface area contributed by atoms with E-state index in [4.69, 9.17) is 0 Å². The number of pyridine rings is 1. The molecule has 0 spiro atoms. The zero-order valence-electron chi connectivity index (χ0n) is 6.61. The molecule has 0 aliphatic rings. The highest BCUT2D eigenvalue weighted by molar-refractivity contribution is 5.72. The summed E-state index contributed by atoms with van der Waals surface area (Å²) in [5.41, 5.74) is 0.469. The maximum atomic E-state index is 10.3. The first kappa shape index (κ1) is 7.72. The van der Waals surface area contributed by atoms with Crippen molar-refractivity contribution in [1.82, 2.24) is 4.98 Å². The third-order valence-electron chi connectivity index (χ3n) is 1.33. The highest BCUT2D eigenvalue weighted by atomic mass is 16.1. The number of anilines is 1. The Kier molecular flexibility index (Phi) is 2.21. The van der Waals surface area contributed by atoms with Gasteiger partial charge in [-0.15, -0.1) is 0 Å². The van der Waals surface area contributed by atoms with Crippen molar-refractivity contribution in [3.05, 3.63) is 23.9 Å². The average molecular weight is 150 g/mol. The summed E-state index contributed by atoms with van der Waals surface area (Å²) in [7, 11) is 3.77. The largest absolute Gasteiger partial charge is 0.363 e. The van der Waals surface area contributed by atoms with Crippen LogP contribution in [0.5, 0.6) is 0 Å². The Morgan fingerprint density at radius 1 is 1.45 bits per heavy atom. The monoisotopic (exact) mass is 150 g/mol. The molecule has 0 aromatic carbocycles. The number of carbonyl (C=O) groups excluding carboxylic acids is 1. The van der Waals surface area contributed by atoms with Crippen LogP contribution in [0.3, 0.4) is 0 Å². The van der Waals surface area contributed by atoms with Crippen LogP contribution in [0.2, 0.25) is 0 Å². The maximum Gasteiger partial charge on any atom is 0.168 e. The van der Waals surface area contributed by atoms with Gasteiger partial charge < -0.3 is 4.90 Å². The van der Waals surface area contributed by atoms with Gasteiger partial charge in [-0.1, -0.05) is 6.07 Å². The molecule has 0 unspecified atom stereocenters. The quantitative estimate of drug-likeness (QED) is 0.589. The molecule has 3 nitrogen and oxygen atoms in total. The Labute approximate surface area is 65.7 Å². The highest BCUT2D eigenvalue weighted by Gasteiger charge is 1.96. The number of nitrogens with zero attached hydrogens (tertiary/aromatic N) is 2. The lowest BCUT2D eigenvalue weighted by molar-refractivity contribution is 0.111. The normalized spacial score (nSPS) is 9.27. The molecule has 0 saturated carbocycles. The molecular weight excluding hydrogens is 140 g/mol. The fourth-order valence-corrected chi connectivity index (χ4v) is 0.754. The summed E-state index contributed by atoms with van der Waals surface area (Å²) in [6.07, 6.45) is 0.743. The lowest BCUT2D eigenvalue weighted by atomic mass is 10.3. The maximum absolute atomic E-state index is 10.3. The molecule has 0 aliphatic carbocycles. The van der Waals surface area contributed by atoms with Crippen molar-refractivity contribution >= 4 is 12.1 Å². The van der Waals surface area contributed by atoms with Gasteiger partial charge in [0.25, 0.3) is 0 Å². The van der Waals surface area contributed by atoms with E-state index in [1.165, 1.54) is 0 Å². The topological polar surface area (TPSA) is 33.2 Å². The molecule has 0 N–H and O–H groups in total. The third-order valence-corrected chi connectivity index (χ3v) is 1.33. The summed E-state index contributed by atoms with van der Waals surface area (Å²) in [5.74, 6) is 0.801. The van der Waals surface area contributed by atoms with Crippen molar-refractivity contribution < 1.29 is 4.79 Å².